The normalized spacial score (nSPS) is 10.5. The molecule has 2 rings (SSSR count). The molecule has 1 aromatic heterocycles. The Hall–Kier alpha value is -2.15. The molecule has 0 aliphatic rings. The standard InChI is InChI=1S/C15H13N/c1-2-15-12-14(10-11-16-15)9-8-13-6-4-3-5-7-13/h2-12H,1H2. The molecule has 0 bridgehead atoms. The van der Waals surface area contributed by atoms with Gasteiger partial charge in [0.2, 0.25) is 0 Å². The lowest BCUT2D eigenvalue weighted by molar-refractivity contribution is 1.29. The molecular weight excluding hydrogens is 194 g/mol. The van der Waals surface area contributed by atoms with Gasteiger partial charge in [-0.15, -0.1) is 0 Å². The van der Waals surface area contributed by atoms with Gasteiger partial charge >= 0.3 is 0 Å². The Morgan fingerprint density at radius 3 is 2.44 bits per heavy atom. The topological polar surface area (TPSA) is 12.9 Å². The van der Waals surface area contributed by atoms with E-state index in [2.05, 4.69) is 35.8 Å². The Morgan fingerprint density at radius 2 is 1.69 bits per heavy atom. The van der Waals surface area contributed by atoms with Gasteiger partial charge in [0.25, 0.3) is 0 Å². The smallest absolute Gasteiger partial charge is 0.0629 e. The van der Waals surface area contributed by atoms with Gasteiger partial charge in [0.1, 0.15) is 0 Å². The first-order valence-corrected chi connectivity index (χ1v) is 5.20. The molecule has 0 aliphatic heterocycles. The Bertz CT molecular complexity index is 498. The fourth-order valence-corrected chi connectivity index (χ4v) is 1.44. The van der Waals surface area contributed by atoms with Crippen molar-refractivity contribution in [2.24, 2.45) is 0 Å². The lowest BCUT2D eigenvalue weighted by atomic mass is 10.1. The van der Waals surface area contributed by atoms with E-state index in [-0.39, 0.29) is 0 Å². The molecule has 1 nitrogen and oxygen atoms in total. The molecule has 0 radical (unpaired) electrons. The van der Waals surface area contributed by atoms with Crippen molar-refractivity contribution in [3.05, 3.63) is 72.1 Å². The molecule has 1 heteroatoms. The van der Waals surface area contributed by atoms with E-state index < -0.39 is 0 Å². The number of benzene rings is 1. The Morgan fingerprint density at radius 1 is 0.938 bits per heavy atom. The van der Waals surface area contributed by atoms with Crippen molar-refractivity contribution in [2.45, 2.75) is 0 Å². The average molecular weight is 207 g/mol. The number of hydrogen-bond donors (Lipinski definition) is 0. The number of hydrogen-bond acceptors (Lipinski definition) is 1. The van der Waals surface area contributed by atoms with Crippen molar-refractivity contribution < 1.29 is 0 Å². The molecule has 16 heavy (non-hydrogen) atoms. The van der Waals surface area contributed by atoms with Crippen molar-refractivity contribution >= 4 is 18.2 Å². The van der Waals surface area contributed by atoms with E-state index in [4.69, 9.17) is 0 Å². The lowest BCUT2D eigenvalue weighted by Gasteiger charge is -1.96. The van der Waals surface area contributed by atoms with Gasteiger partial charge in [-0.3, -0.25) is 4.98 Å². The summed E-state index contributed by atoms with van der Waals surface area (Å²) in [4.78, 5) is 4.16. The highest BCUT2D eigenvalue weighted by atomic mass is 14.6. The molecule has 0 saturated carbocycles. The van der Waals surface area contributed by atoms with Crippen LogP contribution in [0, 0.1) is 0 Å². The molecule has 2 aromatic rings. The Kier molecular flexibility index (Phi) is 3.29. The summed E-state index contributed by atoms with van der Waals surface area (Å²) in [6, 6.07) is 14.2. The fourth-order valence-electron chi connectivity index (χ4n) is 1.44. The van der Waals surface area contributed by atoms with E-state index >= 15 is 0 Å². The van der Waals surface area contributed by atoms with Crippen LogP contribution in [0.2, 0.25) is 0 Å². The molecule has 0 unspecified atom stereocenters. The average Bonchev–Trinajstić information content (AvgIpc) is 2.38. The van der Waals surface area contributed by atoms with Crippen molar-refractivity contribution in [3.63, 3.8) is 0 Å². The summed E-state index contributed by atoms with van der Waals surface area (Å²) in [5.41, 5.74) is 3.23. The number of pyridine rings is 1. The maximum absolute atomic E-state index is 4.16. The van der Waals surface area contributed by atoms with Crippen LogP contribution in [-0.2, 0) is 0 Å². The minimum atomic E-state index is 0.898. The molecule has 0 spiro atoms. The number of aromatic nitrogens is 1. The first-order chi connectivity index (χ1) is 7.88. The highest BCUT2D eigenvalue weighted by Gasteiger charge is 1.90. The second-order valence-corrected chi connectivity index (χ2v) is 3.46. The third-order valence-electron chi connectivity index (χ3n) is 2.28. The van der Waals surface area contributed by atoms with Gasteiger partial charge in [-0.1, -0.05) is 49.1 Å². The number of nitrogens with zero attached hydrogens (tertiary/aromatic N) is 1. The first kappa shape index (κ1) is 10.4. The van der Waals surface area contributed by atoms with E-state index in [1.54, 1.807) is 12.3 Å². The van der Waals surface area contributed by atoms with Gasteiger partial charge in [-0.2, -0.15) is 0 Å². The van der Waals surface area contributed by atoms with E-state index in [1.807, 2.05) is 30.3 Å². The summed E-state index contributed by atoms with van der Waals surface area (Å²) in [6.45, 7) is 3.70. The molecule has 1 heterocycles. The van der Waals surface area contributed by atoms with E-state index in [0.29, 0.717) is 0 Å². The highest BCUT2D eigenvalue weighted by Crippen LogP contribution is 2.09. The van der Waals surface area contributed by atoms with Gasteiger partial charge < -0.3 is 0 Å². The molecule has 0 fully saturated rings. The lowest BCUT2D eigenvalue weighted by Crippen LogP contribution is -1.80. The maximum Gasteiger partial charge on any atom is 0.0629 e. The van der Waals surface area contributed by atoms with Gasteiger partial charge in [0.05, 0.1) is 5.69 Å². The third-order valence-corrected chi connectivity index (χ3v) is 2.28. The van der Waals surface area contributed by atoms with Crippen LogP contribution in [0.3, 0.4) is 0 Å². The minimum Gasteiger partial charge on any atom is -0.257 e. The maximum atomic E-state index is 4.16. The second-order valence-electron chi connectivity index (χ2n) is 3.46. The third kappa shape index (κ3) is 2.67. The summed E-state index contributed by atoms with van der Waals surface area (Å²) in [6.07, 6.45) is 7.70. The molecule has 0 N–H and O–H groups in total. The van der Waals surface area contributed by atoms with Crippen LogP contribution in [-0.4, -0.2) is 4.98 Å². The molecule has 0 amide bonds. The second kappa shape index (κ2) is 5.08. The zero-order valence-corrected chi connectivity index (χ0v) is 9.01. The van der Waals surface area contributed by atoms with E-state index in [0.717, 1.165) is 11.3 Å². The fraction of sp³-hybridized carbons (Fsp3) is 0. The van der Waals surface area contributed by atoms with Crippen molar-refractivity contribution in [3.8, 4) is 0 Å². The summed E-state index contributed by atoms with van der Waals surface area (Å²) < 4.78 is 0. The van der Waals surface area contributed by atoms with Gasteiger partial charge in [0.15, 0.2) is 0 Å². The largest absolute Gasteiger partial charge is 0.257 e. The van der Waals surface area contributed by atoms with Crippen LogP contribution in [0.15, 0.2) is 55.2 Å². The minimum absolute atomic E-state index is 0.898. The predicted octanol–water partition coefficient (Wildman–Crippen LogP) is 3.90. The van der Waals surface area contributed by atoms with Crippen LogP contribution in [0.4, 0.5) is 0 Å². The first-order valence-electron chi connectivity index (χ1n) is 5.20. The Labute approximate surface area is 95.8 Å². The summed E-state index contributed by atoms with van der Waals surface area (Å²) in [5, 5.41) is 0. The molecule has 0 aliphatic carbocycles. The highest BCUT2D eigenvalue weighted by molar-refractivity contribution is 5.70. The van der Waals surface area contributed by atoms with Crippen LogP contribution < -0.4 is 0 Å². The summed E-state index contributed by atoms with van der Waals surface area (Å²) >= 11 is 0. The summed E-state index contributed by atoms with van der Waals surface area (Å²) in [7, 11) is 0. The SMILES string of the molecule is C=Cc1cc(C=Cc2ccccc2)ccn1. The van der Waals surface area contributed by atoms with Crippen LogP contribution in [0.5, 0.6) is 0 Å². The van der Waals surface area contributed by atoms with Gasteiger partial charge in [-0.25, -0.2) is 0 Å². The summed E-state index contributed by atoms with van der Waals surface area (Å²) in [5.74, 6) is 0. The Balaban J connectivity index is 2.20. The molecule has 0 atom stereocenters. The van der Waals surface area contributed by atoms with Gasteiger partial charge in [0, 0.05) is 6.20 Å². The van der Waals surface area contributed by atoms with Crippen molar-refractivity contribution in [1.29, 1.82) is 0 Å². The molecule has 0 saturated heterocycles. The van der Waals surface area contributed by atoms with Crippen LogP contribution in [0.1, 0.15) is 16.8 Å². The van der Waals surface area contributed by atoms with Crippen LogP contribution in [0.25, 0.3) is 18.2 Å². The van der Waals surface area contributed by atoms with Crippen molar-refractivity contribution in [1.82, 2.24) is 4.98 Å². The van der Waals surface area contributed by atoms with Crippen molar-refractivity contribution in [2.75, 3.05) is 0 Å². The zero-order chi connectivity index (χ0) is 11.2. The molecular formula is C15H13N. The van der Waals surface area contributed by atoms with Crippen LogP contribution >= 0.6 is 0 Å². The molecule has 1 aromatic carbocycles. The van der Waals surface area contributed by atoms with E-state index in [1.165, 1.54) is 5.56 Å². The van der Waals surface area contributed by atoms with Gasteiger partial charge in [-0.05, 0) is 29.3 Å². The van der Waals surface area contributed by atoms with E-state index in [9.17, 15) is 0 Å². The number of rotatable bonds is 3. The molecule has 78 valence electrons. The zero-order valence-electron chi connectivity index (χ0n) is 9.01. The monoisotopic (exact) mass is 207 g/mol. The predicted molar refractivity (Wildman–Crippen MR) is 69.7 cm³/mol. The quantitative estimate of drug-likeness (QED) is 0.744.